The quantitative estimate of drug-likeness (QED) is 0.581. The van der Waals surface area contributed by atoms with Gasteiger partial charge in [0.25, 0.3) is 0 Å². The number of alkyl halides is 3. The molecule has 0 aliphatic heterocycles. The number of benzene rings is 1. The minimum absolute atomic E-state index is 0.0439. The van der Waals surface area contributed by atoms with Crippen molar-refractivity contribution in [2.24, 2.45) is 0 Å². The highest BCUT2D eigenvalue weighted by atomic mass is 127. The van der Waals surface area contributed by atoms with Crippen molar-refractivity contribution in [1.29, 1.82) is 5.26 Å². The van der Waals surface area contributed by atoms with E-state index in [-0.39, 0.29) is 14.9 Å². The first-order valence-electron chi connectivity index (χ1n) is 4.09. The van der Waals surface area contributed by atoms with Gasteiger partial charge < -0.3 is 0 Å². The average Bonchev–Trinajstić information content (AvgIpc) is 2.15. The zero-order chi connectivity index (χ0) is 12.5. The van der Waals surface area contributed by atoms with E-state index >= 15 is 0 Å². The summed E-state index contributed by atoms with van der Waals surface area (Å²) in [5.41, 5.74) is -1.38. The molecule has 0 saturated carbocycles. The Morgan fingerprint density at radius 2 is 2.00 bits per heavy atom. The van der Waals surface area contributed by atoms with Gasteiger partial charge in [0.2, 0.25) is 0 Å². The zero-order valence-electron chi connectivity index (χ0n) is 8.02. The summed E-state index contributed by atoms with van der Waals surface area (Å²) < 4.78 is 37.6. The van der Waals surface area contributed by atoms with Crippen molar-refractivity contribution in [2.75, 3.05) is 0 Å². The number of carbonyl (C=O) groups is 1. The predicted octanol–water partition coefficient (Wildman–Crippen LogP) is 3.38. The largest absolute Gasteiger partial charge is 0.417 e. The van der Waals surface area contributed by atoms with Gasteiger partial charge in [-0.2, -0.15) is 18.4 Å². The summed E-state index contributed by atoms with van der Waals surface area (Å²) in [5.74, 6) is -0.366. The Morgan fingerprint density at radius 1 is 1.44 bits per heavy atom. The van der Waals surface area contributed by atoms with Crippen LogP contribution in [0.5, 0.6) is 0 Å². The van der Waals surface area contributed by atoms with Crippen LogP contribution in [0.15, 0.2) is 12.1 Å². The summed E-state index contributed by atoms with van der Waals surface area (Å²) in [5, 5.41) is 8.70. The molecule has 0 N–H and O–H groups in total. The Balaban J connectivity index is 3.56. The van der Waals surface area contributed by atoms with Crippen molar-refractivity contribution in [2.45, 2.75) is 13.1 Å². The molecule has 0 aliphatic rings. The summed E-state index contributed by atoms with van der Waals surface area (Å²) in [4.78, 5) is 11.1. The summed E-state index contributed by atoms with van der Waals surface area (Å²) in [7, 11) is 0. The molecule has 2 nitrogen and oxygen atoms in total. The Hall–Kier alpha value is -1.10. The van der Waals surface area contributed by atoms with E-state index in [9.17, 15) is 18.0 Å². The van der Waals surface area contributed by atoms with Crippen LogP contribution in [0.4, 0.5) is 13.2 Å². The maximum absolute atomic E-state index is 12.5. The number of hydrogen-bond donors (Lipinski definition) is 0. The second-order valence-electron chi connectivity index (χ2n) is 3.02. The van der Waals surface area contributed by atoms with E-state index in [1.807, 2.05) is 0 Å². The second kappa shape index (κ2) is 4.41. The van der Waals surface area contributed by atoms with Crippen molar-refractivity contribution in [1.82, 2.24) is 0 Å². The molecule has 0 aromatic heterocycles. The van der Waals surface area contributed by atoms with Crippen LogP contribution in [0.25, 0.3) is 0 Å². The lowest BCUT2D eigenvalue weighted by Crippen LogP contribution is -2.11. The molecule has 0 bridgehead atoms. The number of halogens is 4. The molecule has 0 spiro atoms. The third-order valence-corrected chi connectivity index (χ3v) is 3.06. The number of nitriles is 1. The first-order chi connectivity index (χ1) is 7.29. The number of rotatable bonds is 1. The van der Waals surface area contributed by atoms with Gasteiger partial charge in [-0.25, -0.2) is 0 Å². The van der Waals surface area contributed by atoms with Crippen LogP contribution in [-0.2, 0) is 6.18 Å². The van der Waals surface area contributed by atoms with E-state index in [4.69, 9.17) is 5.26 Å². The Bertz CT molecular complexity index is 488. The molecule has 1 aromatic carbocycles. The lowest BCUT2D eigenvalue weighted by atomic mass is 10.0. The fourth-order valence-corrected chi connectivity index (χ4v) is 2.16. The fraction of sp³-hybridized carbons (Fsp3) is 0.200. The second-order valence-corrected chi connectivity index (χ2v) is 4.09. The molecule has 1 rings (SSSR count). The van der Waals surface area contributed by atoms with Gasteiger partial charge in [0.05, 0.1) is 11.1 Å². The predicted molar refractivity (Wildman–Crippen MR) is 58.9 cm³/mol. The molecule has 0 aliphatic carbocycles. The van der Waals surface area contributed by atoms with E-state index in [1.165, 1.54) is 13.0 Å². The molecule has 6 heteroatoms. The maximum Gasteiger partial charge on any atom is 0.417 e. The van der Waals surface area contributed by atoms with E-state index < -0.39 is 17.3 Å². The van der Waals surface area contributed by atoms with Gasteiger partial charge in [-0.3, -0.25) is 4.79 Å². The minimum Gasteiger partial charge on any atom is -0.294 e. The molecule has 16 heavy (non-hydrogen) atoms. The first kappa shape index (κ1) is 13.0. The van der Waals surface area contributed by atoms with Crippen LogP contribution in [0, 0.1) is 14.9 Å². The molecule has 0 amide bonds. The Morgan fingerprint density at radius 3 is 2.38 bits per heavy atom. The number of nitrogens with zero attached hydrogens (tertiary/aromatic N) is 1. The van der Waals surface area contributed by atoms with E-state index in [2.05, 4.69) is 0 Å². The lowest BCUT2D eigenvalue weighted by molar-refractivity contribution is -0.137. The van der Waals surface area contributed by atoms with Crippen LogP contribution in [0.2, 0.25) is 0 Å². The summed E-state index contributed by atoms with van der Waals surface area (Å²) in [6, 6.07) is 3.34. The number of carbonyl (C=O) groups excluding carboxylic acids is 1. The van der Waals surface area contributed by atoms with E-state index in [1.54, 1.807) is 22.6 Å². The summed E-state index contributed by atoms with van der Waals surface area (Å²) in [6.45, 7) is 1.24. The van der Waals surface area contributed by atoms with Crippen LogP contribution >= 0.6 is 22.6 Å². The topological polar surface area (TPSA) is 40.9 Å². The van der Waals surface area contributed by atoms with Crippen LogP contribution in [0.1, 0.15) is 28.4 Å². The Kier molecular flexibility index (Phi) is 3.57. The standard InChI is InChI=1S/C10H5F3INO/c1-5(16)6-2-3-8(10(11,12)13)7(4-15)9(6)14/h2-3H,1H3. The number of hydrogen-bond acceptors (Lipinski definition) is 2. The highest BCUT2D eigenvalue weighted by Crippen LogP contribution is 2.34. The highest BCUT2D eigenvalue weighted by Gasteiger charge is 2.35. The minimum atomic E-state index is -4.58. The normalized spacial score (nSPS) is 11.0. The third kappa shape index (κ3) is 2.35. The smallest absolute Gasteiger partial charge is 0.294 e. The highest BCUT2D eigenvalue weighted by molar-refractivity contribution is 14.1. The maximum atomic E-state index is 12.5. The van der Waals surface area contributed by atoms with Crippen LogP contribution in [-0.4, -0.2) is 5.78 Å². The monoisotopic (exact) mass is 339 g/mol. The summed E-state index contributed by atoms with van der Waals surface area (Å²) >= 11 is 1.58. The SMILES string of the molecule is CC(=O)c1ccc(C(F)(F)F)c(C#N)c1I. The Labute approximate surface area is 103 Å². The van der Waals surface area contributed by atoms with Gasteiger partial charge in [-0.05, 0) is 41.6 Å². The third-order valence-electron chi connectivity index (χ3n) is 1.94. The molecular formula is C10H5F3INO. The number of ketones is 1. The van der Waals surface area contributed by atoms with Crippen molar-refractivity contribution in [3.05, 3.63) is 32.4 Å². The van der Waals surface area contributed by atoms with Gasteiger partial charge in [-0.1, -0.05) is 0 Å². The molecule has 0 radical (unpaired) electrons. The molecular weight excluding hydrogens is 334 g/mol. The summed E-state index contributed by atoms with van der Waals surface area (Å²) in [6.07, 6.45) is -4.58. The zero-order valence-corrected chi connectivity index (χ0v) is 10.2. The molecule has 0 fully saturated rings. The van der Waals surface area contributed by atoms with Gasteiger partial charge in [-0.15, -0.1) is 0 Å². The van der Waals surface area contributed by atoms with Crippen LogP contribution in [0.3, 0.4) is 0 Å². The first-order valence-corrected chi connectivity index (χ1v) is 5.17. The van der Waals surface area contributed by atoms with E-state index in [0.29, 0.717) is 0 Å². The van der Waals surface area contributed by atoms with Crippen molar-refractivity contribution >= 4 is 28.4 Å². The van der Waals surface area contributed by atoms with Crippen LogP contribution < -0.4 is 0 Å². The van der Waals surface area contributed by atoms with Gasteiger partial charge >= 0.3 is 6.18 Å². The molecule has 0 heterocycles. The molecule has 0 atom stereocenters. The average molecular weight is 339 g/mol. The van der Waals surface area contributed by atoms with Gasteiger partial charge in [0.15, 0.2) is 5.78 Å². The van der Waals surface area contributed by atoms with E-state index in [0.717, 1.165) is 12.1 Å². The number of Topliss-reactive ketones (excluding diaryl/α,β-unsaturated/α-hetero) is 1. The van der Waals surface area contributed by atoms with Crippen molar-refractivity contribution in [3.63, 3.8) is 0 Å². The van der Waals surface area contributed by atoms with Gasteiger partial charge in [0, 0.05) is 9.13 Å². The van der Waals surface area contributed by atoms with Gasteiger partial charge in [0.1, 0.15) is 6.07 Å². The lowest BCUT2D eigenvalue weighted by Gasteiger charge is -2.11. The van der Waals surface area contributed by atoms with Crippen molar-refractivity contribution in [3.8, 4) is 6.07 Å². The van der Waals surface area contributed by atoms with Crippen molar-refractivity contribution < 1.29 is 18.0 Å². The fourth-order valence-electron chi connectivity index (χ4n) is 1.19. The molecule has 1 aromatic rings. The molecule has 84 valence electrons. The molecule has 0 unspecified atom stereocenters. The molecule has 0 saturated heterocycles.